The maximum Gasteiger partial charge on any atom is 0.258 e. The van der Waals surface area contributed by atoms with Crippen LogP contribution in [0.3, 0.4) is 0 Å². The number of rotatable bonds is 4. The predicted molar refractivity (Wildman–Crippen MR) is 98.9 cm³/mol. The third kappa shape index (κ3) is 3.22. The van der Waals surface area contributed by atoms with Gasteiger partial charge in [0.1, 0.15) is 11.6 Å². The zero-order chi connectivity index (χ0) is 19.1. The van der Waals surface area contributed by atoms with E-state index < -0.39 is 15.7 Å². The van der Waals surface area contributed by atoms with Gasteiger partial charge in [-0.05, 0) is 48.7 Å². The lowest BCUT2D eigenvalue weighted by Crippen LogP contribution is -2.16. The van der Waals surface area contributed by atoms with E-state index in [0.717, 1.165) is 6.26 Å². The molecule has 0 atom stereocenters. The summed E-state index contributed by atoms with van der Waals surface area (Å²) in [5.41, 5.74) is 0.748. The summed E-state index contributed by atoms with van der Waals surface area (Å²) in [6, 6.07) is 8.46. The molecule has 26 heavy (non-hydrogen) atoms. The van der Waals surface area contributed by atoms with E-state index in [-0.39, 0.29) is 10.5 Å². The van der Waals surface area contributed by atoms with Crippen molar-refractivity contribution >= 4 is 20.6 Å². The zero-order valence-corrected chi connectivity index (χ0v) is 15.4. The Balaban J connectivity index is 2.44. The molecular weight excluding hydrogens is 357 g/mol. The second-order valence-electron chi connectivity index (χ2n) is 6.01. The Morgan fingerprint density at radius 1 is 1.08 bits per heavy atom. The summed E-state index contributed by atoms with van der Waals surface area (Å²) in [5, 5.41) is 0.748. The summed E-state index contributed by atoms with van der Waals surface area (Å²) >= 11 is 0. The minimum absolute atomic E-state index is 0.120. The first kappa shape index (κ1) is 18.1. The van der Waals surface area contributed by atoms with E-state index in [0.29, 0.717) is 34.3 Å². The van der Waals surface area contributed by atoms with Gasteiger partial charge in [-0.1, -0.05) is 0 Å². The molecule has 2 aromatic carbocycles. The van der Waals surface area contributed by atoms with Crippen molar-refractivity contribution < 1.29 is 17.5 Å². The van der Waals surface area contributed by atoms with Gasteiger partial charge in [-0.25, -0.2) is 12.8 Å². The Labute approximate surface area is 150 Å². The van der Waals surface area contributed by atoms with Gasteiger partial charge in [-0.15, -0.1) is 0 Å². The molecule has 136 valence electrons. The minimum atomic E-state index is -3.44. The average Bonchev–Trinajstić information content (AvgIpc) is 2.58. The molecule has 0 N–H and O–H groups in total. The van der Waals surface area contributed by atoms with Crippen LogP contribution in [0.5, 0.6) is 5.75 Å². The molecule has 3 rings (SSSR count). The highest BCUT2D eigenvalue weighted by atomic mass is 32.2. The summed E-state index contributed by atoms with van der Waals surface area (Å²) in [7, 11) is -1.85. The van der Waals surface area contributed by atoms with Crippen LogP contribution in [-0.4, -0.2) is 25.8 Å². The number of ether oxygens (including phenoxy) is 1. The number of sulfone groups is 1. The first-order chi connectivity index (χ1) is 12.2. The molecule has 3 aromatic rings. The number of aryl methyl sites for hydroxylation is 1. The number of hydrogen-bond donors (Lipinski definition) is 0. The molecular formula is C19H18FNO4S. The number of hydrogen-bond acceptors (Lipinski definition) is 4. The normalized spacial score (nSPS) is 11.7. The molecule has 0 aliphatic rings. The smallest absolute Gasteiger partial charge is 0.258 e. The lowest BCUT2D eigenvalue weighted by molar-refractivity contribution is 0.341. The van der Waals surface area contributed by atoms with Crippen molar-refractivity contribution in [1.29, 1.82) is 0 Å². The SMILES string of the molecule is CCOc1ccc(S(C)(=O)=O)cc1-c1cn(C)c(=O)c2ccc(F)cc12. The molecule has 0 spiro atoms. The molecule has 0 amide bonds. The van der Waals surface area contributed by atoms with Crippen LogP contribution < -0.4 is 10.3 Å². The molecule has 0 saturated carbocycles. The summed E-state index contributed by atoms with van der Waals surface area (Å²) < 4.78 is 44.8. The Kier molecular flexibility index (Phi) is 4.58. The van der Waals surface area contributed by atoms with E-state index in [9.17, 15) is 17.6 Å². The molecule has 0 saturated heterocycles. The highest BCUT2D eigenvalue weighted by Crippen LogP contribution is 2.36. The second-order valence-corrected chi connectivity index (χ2v) is 8.03. The van der Waals surface area contributed by atoms with E-state index in [1.807, 2.05) is 6.92 Å². The fraction of sp³-hybridized carbons (Fsp3) is 0.211. The van der Waals surface area contributed by atoms with Crippen LogP contribution in [0, 0.1) is 5.82 Å². The maximum absolute atomic E-state index is 13.8. The van der Waals surface area contributed by atoms with Crippen molar-refractivity contribution in [3.05, 3.63) is 58.8 Å². The van der Waals surface area contributed by atoms with Gasteiger partial charge < -0.3 is 9.30 Å². The minimum Gasteiger partial charge on any atom is -0.493 e. The summed E-state index contributed by atoms with van der Waals surface area (Å²) in [6.45, 7) is 2.19. The number of benzene rings is 2. The van der Waals surface area contributed by atoms with E-state index in [1.165, 1.54) is 34.9 Å². The van der Waals surface area contributed by atoms with Crippen molar-refractivity contribution in [2.24, 2.45) is 7.05 Å². The Hall–Kier alpha value is -2.67. The van der Waals surface area contributed by atoms with Gasteiger partial charge in [0.2, 0.25) is 0 Å². The molecule has 0 radical (unpaired) electrons. The molecule has 0 bridgehead atoms. The lowest BCUT2D eigenvalue weighted by atomic mass is 9.99. The quantitative estimate of drug-likeness (QED) is 0.703. The standard InChI is InChI=1S/C19H18FNO4S/c1-4-25-18-8-6-13(26(3,23)24)10-16(18)17-11-21(2)19(22)14-7-5-12(20)9-15(14)17/h5-11H,4H2,1-3H3. The lowest BCUT2D eigenvalue weighted by Gasteiger charge is -2.15. The maximum atomic E-state index is 13.8. The number of pyridine rings is 1. The third-order valence-electron chi connectivity index (χ3n) is 4.11. The monoisotopic (exact) mass is 375 g/mol. The largest absolute Gasteiger partial charge is 0.493 e. The fourth-order valence-electron chi connectivity index (χ4n) is 2.88. The predicted octanol–water partition coefficient (Wildman–Crippen LogP) is 3.15. The van der Waals surface area contributed by atoms with Crippen LogP contribution >= 0.6 is 0 Å². The summed E-state index contributed by atoms with van der Waals surface area (Å²) in [6.07, 6.45) is 2.68. The van der Waals surface area contributed by atoms with E-state index >= 15 is 0 Å². The Morgan fingerprint density at radius 3 is 2.46 bits per heavy atom. The van der Waals surface area contributed by atoms with E-state index in [1.54, 1.807) is 19.3 Å². The van der Waals surface area contributed by atoms with Crippen LogP contribution in [-0.2, 0) is 16.9 Å². The van der Waals surface area contributed by atoms with Gasteiger partial charge in [0.25, 0.3) is 5.56 Å². The van der Waals surface area contributed by atoms with E-state index in [2.05, 4.69) is 0 Å². The molecule has 0 aliphatic carbocycles. The van der Waals surface area contributed by atoms with Gasteiger partial charge in [0, 0.05) is 36.0 Å². The number of fused-ring (bicyclic) bond motifs is 1. The van der Waals surface area contributed by atoms with Crippen LogP contribution in [0.4, 0.5) is 4.39 Å². The summed E-state index contributed by atoms with van der Waals surface area (Å²) in [4.78, 5) is 12.5. The molecule has 1 heterocycles. The van der Waals surface area contributed by atoms with Crippen LogP contribution in [0.25, 0.3) is 21.9 Å². The van der Waals surface area contributed by atoms with Crippen molar-refractivity contribution in [2.75, 3.05) is 12.9 Å². The van der Waals surface area contributed by atoms with Crippen molar-refractivity contribution in [3.63, 3.8) is 0 Å². The molecule has 0 unspecified atom stereocenters. The van der Waals surface area contributed by atoms with Crippen LogP contribution in [0.15, 0.2) is 52.3 Å². The fourth-order valence-corrected chi connectivity index (χ4v) is 3.53. The topological polar surface area (TPSA) is 65.4 Å². The Bertz CT molecular complexity index is 1170. The second kappa shape index (κ2) is 6.57. The van der Waals surface area contributed by atoms with Crippen molar-refractivity contribution in [2.45, 2.75) is 11.8 Å². The van der Waals surface area contributed by atoms with Crippen LogP contribution in [0.1, 0.15) is 6.92 Å². The first-order valence-electron chi connectivity index (χ1n) is 7.98. The number of nitrogens with zero attached hydrogens (tertiary/aromatic N) is 1. The number of aromatic nitrogens is 1. The zero-order valence-electron chi connectivity index (χ0n) is 14.6. The molecule has 1 aromatic heterocycles. The van der Waals surface area contributed by atoms with Gasteiger partial charge in [-0.2, -0.15) is 0 Å². The Morgan fingerprint density at radius 2 is 1.81 bits per heavy atom. The highest BCUT2D eigenvalue weighted by Gasteiger charge is 2.17. The average molecular weight is 375 g/mol. The van der Waals surface area contributed by atoms with Crippen LogP contribution in [0.2, 0.25) is 0 Å². The summed E-state index contributed by atoms with van der Waals surface area (Å²) in [5.74, 6) is -0.0201. The number of halogens is 1. The molecule has 7 heteroatoms. The molecule has 5 nitrogen and oxygen atoms in total. The third-order valence-corrected chi connectivity index (χ3v) is 5.22. The van der Waals surface area contributed by atoms with Crippen molar-refractivity contribution in [3.8, 4) is 16.9 Å². The molecule has 0 fully saturated rings. The highest BCUT2D eigenvalue weighted by molar-refractivity contribution is 7.90. The molecule has 0 aliphatic heterocycles. The van der Waals surface area contributed by atoms with Gasteiger partial charge in [0.15, 0.2) is 9.84 Å². The van der Waals surface area contributed by atoms with Gasteiger partial charge >= 0.3 is 0 Å². The van der Waals surface area contributed by atoms with Gasteiger partial charge in [-0.3, -0.25) is 4.79 Å². The van der Waals surface area contributed by atoms with E-state index in [4.69, 9.17) is 4.74 Å². The van der Waals surface area contributed by atoms with Crippen molar-refractivity contribution in [1.82, 2.24) is 4.57 Å². The van der Waals surface area contributed by atoms with Gasteiger partial charge in [0.05, 0.1) is 11.5 Å². The first-order valence-corrected chi connectivity index (χ1v) is 9.87.